The normalized spacial score (nSPS) is 13.4. The van der Waals surface area contributed by atoms with Crippen LogP contribution in [0.1, 0.15) is 40.0 Å². The van der Waals surface area contributed by atoms with Gasteiger partial charge in [0.05, 0.1) is 13.0 Å². The number of hydrogen-bond donors (Lipinski definition) is 2. The molecule has 1 rings (SSSR count). The SMILES string of the molecule is CC(C)C(C)(CC(=O)O)NC(=O)CCCOc1ccccc1F. The second-order valence-corrected chi connectivity index (χ2v) is 6.07. The van der Waals surface area contributed by atoms with E-state index in [4.69, 9.17) is 9.84 Å². The molecule has 2 N–H and O–H groups in total. The second-order valence-electron chi connectivity index (χ2n) is 6.07. The molecule has 1 atom stereocenters. The van der Waals surface area contributed by atoms with Crippen LogP contribution in [0.5, 0.6) is 5.75 Å². The Kier molecular flexibility index (Phi) is 7.00. The molecule has 23 heavy (non-hydrogen) atoms. The van der Waals surface area contributed by atoms with Crippen LogP contribution in [0, 0.1) is 11.7 Å². The highest BCUT2D eigenvalue weighted by Crippen LogP contribution is 2.21. The van der Waals surface area contributed by atoms with E-state index in [1.807, 2.05) is 13.8 Å². The number of nitrogens with one attached hydrogen (secondary N) is 1. The Hall–Kier alpha value is -2.11. The number of para-hydroxylation sites is 1. The molecule has 0 heterocycles. The minimum absolute atomic E-state index is 0.0165. The van der Waals surface area contributed by atoms with E-state index in [1.54, 1.807) is 19.1 Å². The third-order valence-corrected chi connectivity index (χ3v) is 3.86. The average Bonchev–Trinajstić information content (AvgIpc) is 2.44. The van der Waals surface area contributed by atoms with Crippen molar-refractivity contribution in [3.8, 4) is 5.75 Å². The van der Waals surface area contributed by atoms with E-state index in [0.29, 0.717) is 6.42 Å². The van der Waals surface area contributed by atoms with Crippen LogP contribution < -0.4 is 10.1 Å². The Labute approximate surface area is 135 Å². The Bertz CT molecular complexity index is 547. The molecule has 0 saturated carbocycles. The molecule has 0 radical (unpaired) electrons. The number of amides is 1. The monoisotopic (exact) mass is 325 g/mol. The summed E-state index contributed by atoms with van der Waals surface area (Å²) < 4.78 is 18.6. The quantitative estimate of drug-likeness (QED) is 0.684. The fourth-order valence-corrected chi connectivity index (χ4v) is 2.06. The number of rotatable bonds is 9. The number of carboxylic acids is 1. The predicted octanol–water partition coefficient (Wildman–Crippen LogP) is 2.99. The molecular weight excluding hydrogens is 301 g/mol. The highest BCUT2D eigenvalue weighted by Gasteiger charge is 2.32. The standard InChI is InChI=1S/C17H24FNO4/c1-12(2)17(3,11-16(21)22)19-15(20)9-6-10-23-14-8-5-4-7-13(14)18/h4-5,7-8,12H,6,9-11H2,1-3H3,(H,19,20)(H,21,22). The van der Waals surface area contributed by atoms with Crippen LogP contribution in [0.15, 0.2) is 24.3 Å². The van der Waals surface area contributed by atoms with E-state index < -0.39 is 17.3 Å². The first-order valence-corrected chi connectivity index (χ1v) is 7.65. The van der Waals surface area contributed by atoms with Gasteiger partial charge in [0, 0.05) is 12.0 Å². The van der Waals surface area contributed by atoms with Crippen LogP contribution in [-0.4, -0.2) is 29.1 Å². The number of benzene rings is 1. The summed E-state index contributed by atoms with van der Waals surface area (Å²) >= 11 is 0. The molecular formula is C17H24FNO4. The lowest BCUT2D eigenvalue weighted by Crippen LogP contribution is -2.51. The van der Waals surface area contributed by atoms with Crippen LogP contribution in [0.2, 0.25) is 0 Å². The van der Waals surface area contributed by atoms with E-state index in [0.717, 1.165) is 0 Å². The maximum Gasteiger partial charge on any atom is 0.305 e. The summed E-state index contributed by atoms with van der Waals surface area (Å²) in [4.78, 5) is 22.9. The van der Waals surface area contributed by atoms with Crippen molar-refractivity contribution in [2.45, 2.75) is 45.6 Å². The molecule has 0 fully saturated rings. The number of hydrogen-bond acceptors (Lipinski definition) is 3. The fraction of sp³-hybridized carbons (Fsp3) is 0.529. The van der Waals surface area contributed by atoms with Crippen LogP contribution >= 0.6 is 0 Å². The van der Waals surface area contributed by atoms with Crippen LogP contribution in [0.25, 0.3) is 0 Å². The Morgan fingerprint density at radius 3 is 2.57 bits per heavy atom. The zero-order chi connectivity index (χ0) is 17.5. The number of carboxylic acid groups (broad SMARTS) is 1. The number of halogens is 1. The first kappa shape index (κ1) is 18.9. The zero-order valence-corrected chi connectivity index (χ0v) is 13.8. The average molecular weight is 325 g/mol. The minimum Gasteiger partial charge on any atom is -0.491 e. The molecule has 6 heteroatoms. The highest BCUT2D eigenvalue weighted by molar-refractivity contribution is 5.78. The van der Waals surface area contributed by atoms with Gasteiger partial charge >= 0.3 is 5.97 Å². The molecule has 0 aliphatic rings. The lowest BCUT2D eigenvalue weighted by molar-refractivity contribution is -0.139. The number of aliphatic carboxylic acids is 1. The van der Waals surface area contributed by atoms with Gasteiger partial charge in [0.15, 0.2) is 11.6 Å². The predicted molar refractivity (Wildman–Crippen MR) is 84.8 cm³/mol. The van der Waals surface area contributed by atoms with Gasteiger partial charge in [-0.2, -0.15) is 0 Å². The summed E-state index contributed by atoms with van der Waals surface area (Å²) in [6, 6.07) is 6.08. The molecule has 1 aromatic carbocycles. The van der Waals surface area contributed by atoms with E-state index in [9.17, 15) is 14.0 Å². The number of ether oxygens (including phenoxy) is 1. The second kappa shape index (κ2) is 8.50. The van der Waals surface area contributed by atoms with Crippen molar-refractivity contribution in [2.24, 2.45) is 5.92 Å². The number of carbonyl (C=O) groups is 2. The Morgan fingerprint density at radius 2 is 2.00 bits per heavy atom. The lowest BCUT2D eigenvalue weighted by Gasteiger charge is -2.33. The molecule has 1 amide bonds. The van der Waals surface area contributed by atoms with Gasteiger partial charge in [0.1, 0.15) is 0 Å². The van der Waals surface area contributed by atoms with Gasteiger partial charge in [-0.05, 0) is 31.4 Å². The fourth-order valence-electron chi connectivity index (χ4n) is 2.06. The summed E-state index contributed by atoms with van der Waals surface area (Å²) in [5.41, 5.74) is -0.796. The Morgan fingerprint density at radius 1 is 1.35 bits per heavy atom. The van der Waals surface area contributed by atoms with Crippen molar-refractivity contribution in [1.29, 1.82) is 0 Å². The van der Waals surface area contributed by atoms with E-state index in [-0.39, 0.29) is 37.0 Å². The molecule has 0 spiro atoms. The summed E-state index contributed by atoms with van der Waals surface area (Å²) in [7, 11) is 0. The van der Waals surface area contributed by atoms with Crippen molar-refractivity contribution in [3.05, 3.63) is 30.1 Å². The van der Waals surface area contributed by atoms with Crippen molar-refractivity contribution in [2.75, 3.05) is 6.61 Å². The maximum absolute atomic E-state index is 13.3. The van der Waals surface area contributed by atoms with Gasteiger partial charge in [-0.1, -0.05) is 26.0 Å². The first-order chi connectivity index (χ1) is 10.7. The van der Waals surface area contributed by atoms with E-state index in [1.165, 1.54) is 12.1 Å². The largest absolute Gasteiger partial charge is 0.491 e. The van der Waals surface area contributed by atoms with E-state index >= 15 is 0 Å². The van der Waals surface area contributed by atoms with Crippen molar-refractivity contribution >= 4 is 11.9 Å². The molecule has 0 aliphatic heterocycles. The molecule has 1 aromatic rings. The number of carbonyl (C=O) groups excluding carboxylic acids is 1. The Balaban J connectivity index is 2.41. The summed E-state index contributed by atoms with van der Waals surface area (Å²) in [6.45, 7) is 5.67. The third-order valence-electron chi connectivity index (χ3n) is 3.86. The molecule has 5 nitrogen and oxygen atoms in total. The van der Waals surface area contributed by atoms with Gasteiger partial charge in [-0.3, -0.25) is 9.59 Å². The van der Waals surface area contributed by atoms with Crippen LogP contribution in [0.3, 0.4) is 0 Å². The highest BCUT2D eigenvalue weighted by atomic mass is 19.1. The van der Waals surface area contributed by atoms with Crippen molar-refractivity contribution < 1.29 is 23.8 Å². The van der Waals surface area contributed by atoms with Crippen LogP contribution in [-0.2, 0) is 9.59 Å². The summed E-state index contributed by atoms with van der Waals surface area (Å²) in [6.07, 6.45) is 0.472. The van der Waals surface area contributed by atoms with Gasteiger partial charge in [-0.15, -0.1) is 0 Å². The summed E-state index contributed by atoms with van der Waals surface area (Å²) in [5.74, 6) is -1.49. The van der Waals surface area contributed by atoms with Crippen molar-refractivity contribution in [1.82, 2.24) is 5.32 Å². The van der Waals surface area contributed by atoms with Gasteiger partial charge < -0.3 is 15.2 Å². The zero-order valence-electron chi connectivity index (χ0n) is 13.8. The van der Waals surface area contributed by atoms with Gasteiger partial charge in [-0.25, -0.2) is 4.39 Å². The maximum atomic E-state index is 13.3. The van der Waals surface area contributed by atoms with Crippen molar-refractivity contribution in [3.63, 3.8) is 0 Å². The third kappa shape index (κ3) is 6.26. The molecule has 0 aliphatic carbocycles. The molecule has 0 bridgehead atoms. The first-order valence-electron chi connectivity index (χ1n) is 7.65. The van der Waals surface area contributed by atoms with Gasteiger partial charge in [0.2, 0.25) is 5.91 Å². The minimum atomic E-state index is -0.954. The molecule has 1 unspecified atom stereocenters. The lowest BCUT2D eigenvalue weighted by atomic mass is 9.85. The van der Waals surface area contributed by atoms with Crippen LogP contribution in [0.4, 0.5) is 4.39 Å². The summed E-state index contributed by atoms with van der Waals surface area (Å²) in [5, 5.41) is 11.8. The smallest absolute Gasteiger partial charge is 0.305 e. The van der Waals surface area contributed by atoms with Gasteiger partial charge in [0.25, 0.3) is 0 Å². The molecule has 0 aromatic heterocycles. The van der Waals surface area contributed by atoms with E-state index in [2.05, 4.69) is 5.32 Å². The topological polar surface area (TPSA) is 75.6 Å². The molecule has 0 saturated heterocycles. The molecule has 128 valence electrons.